The molecular weight excluding hydrogens is 394 g/mol. The number of nitrogens with zero attached hydrogens (tertiary/aromatic N) is 2. The zero-order valence-electron chi connectivity index (χ0n) is 17.8. The summed E-state index contributed by atoms with van der Waals surface area (Å²) in [6, 6.07) is 18.2. The fraction of sp³-hybridized carbons (Fsp3) is 0.375. The Kier molecular flexibility index (Phi) is 5.78. The summed E-state index contributed by atoms with van der Waals surface area (Å²) in [5.41, 5.74) is 0.371. The number of carbonyl (C=O) groups excluding carboxylic acids is 3. The molecule has 2 saturated heterocycles. The molecule has 4 rings (SSSR count). The molecule has 2 aromatic carbocycles. The van der Waals surface area contributed by atoms with Gasteiger partial charge in [-0.2, -0.15) is 0 Å². The third kappa shape index (κ3) is 4.18. The van der Waals surface area contributed by atoms with Gasteiger partial charge in [-0.3, -0.25) is 14.5 Å². The average molecular weight is 421 g/mol. The summed E-state index contributed by atoms with van der Waals surface area (Å²) in [5, 5.41) is 2.90. The van der Waals surface area contributed by atoms with E-state index < -0.39 is 17.5 Å². The van der Waals surface area contributed by atoms with E-state index in [2.05, 4.69) is 5.32 Å². The molecule has 7 nitrogen and oxygen atoms in total. The van der Waals surface area contributed by atoms with Gasteiger partial charge in [0.25, 0.3) is 5.91 Å². The van der Waals surface area contributed by atoms with Crippen LogP contribution in [0.1, 0.15) is 25.0 Å². The van der Waals surface area contributed by atoms with E-state index >= 15 is 0 Å². The maximum atomic E-state index is 13.6. The van der Waals surface area contributed by atoms with Gasteiger partial charge in [0.05, 0.1) is 12.2 Å². The maximum absolute atomic E-state index is 13.6. The predicted molar refractivity (Wildman–Crippen MR) is 115 cm³/mol. The van der Waals surface area contributed by atoms with E-state index in [1.165, 1.54) is 0 Å². The molecule has 0 aromatic heterocycles. The Bertz CT molecular complexity index is 955. The lowest BCUT2D eigenvalue weighted by Gasteiger charge is -2.36. The predicted octanol–water partition coefficient (Wildman–Crippen LogP) is 2.31. The van der Waals surface area contributed by atoms with E-state index in [-0.39, 0.29) is 24.7 Å². The van der Waals surface area contributed by atoms with Gasteiger partial charge in [0, 0.05) is 19.5 Å². The molecule has 3 atom stereocenters. The first-order chi connectivity index (χ1) is 14.9. The van der Waals surface area contributed by atoms with Crippen LogP contribution < -0.4 is 5.32 Å². The van der Waals surface area contributed by atoms with E-state index in [1.807, 2.05) is 74.5 Å². The highest BCUT2D eigenvalue weighted by Crippen LogP contribution is 2.33. The Morgan fingerprint density at radius 2 is 1.58 bits per heavy atom. The van der Waals surface area contributed by atoms with E-state index in [1.54, 1.807) is 4.90 Å². The summed E-state index contributed by atoms with van der Waals surface area (Å²) in [4.78, 5) is 42.2. The second-order valence-electron chi connectivity index (χ2n) is 8.31. The van der Waals surface area contributed by atoms with Crippen molar-refractivity contribution in [1.29, 1.82) is 0 Å². The average Bonchev–Trinajstić information content (AvgIpc) is 2.99. The van der Waals surface area contributed by atoms with Crippen molar-refractivity contribution in [2.45, 2.75) is 38.0 Å². The molecule has 0 radical (unpaired) electrons. The number of hydrogen-bond acceptors (Lipinski definition) is 4. The molecule has 0 unspecified atom stereocenters. The first kappa shape index (κ1) is 21.1. The molecule has 162 valence electrons. The molecule has 4 amide bonds. The van der Waals surface area contributed by atoms with Crippen LogP contribution in [0, 0.1) is 0 Å². The van der Waals surface area contributed by atoms with Crippen LogP contribution in [-0.4, -0.2) is 59.5 Å². The molecule has 0 aliphatic carbocycles. The largest absolute Gasteiger partial charge is 0.372 e. The van der Waals surface area contributed by atoms with Gasteiger partial charge in [-0.15, -0.1) is 0 Å². The highest BCUT2D eigenvalue weighted by atomic mass is 16.5. The van der Waals surface area contributed by atoms with Crippen molar-refractivity contribution in [3.05, 3.63) is 71.8 Å². The van der Waals surface area contributed by atoms with E-state index in [4.69, 9.17) is 4.74 Å². The summed E-state index contributed by atoms with van der Waals surface area (Å²) in [6.07, 6.45) is 0.133. The topological polar surface area (TPSA) is 79.0 Å². The lowest BCUT2D eigenvalue weighted by molar-refractivity contribution is -0.146. The fourth-order valence-electron chi connectivity index (χ4n) is 4.43. The van der Waals surface area contributed by atoms with Gasteiger partial charge in [0.1, 0.15) is 6.54 Å². The minimum Gasteiger partial charge on any atom is -0.372 e. The van der Waals surface area contributed by atoms with Crippen LogP contribution in [0.25, 0.3) is 0 Å². The van der Waals surface area contributed by atoms with Gasteiger partial charge in [-0.1, -0.05) is 60.7 Å². The Morgan fingerprint density at radius 3 is 2.19 bits per heavy atom. The first-order valence-electron chi connectivity index (χ1n) is 10.6. The van der Waals surface area contributed by atoms with Crippen LogP contribution in [0.15, 0.2) is 60.7 Å². The Morgan fingerprint density at radius 1 is 1.00 bits per heavy atom. The number of morpholine rings is 1. The van der Waals surface area contributed by atoms with Crippen LogP contribution >= 0.6 is 0 Å². The molecule has 0 saturated carbocycles. The third-order valence-corrected chi connectivity index (χ3v) is 5.82. The minimum atomic E-state index is -1.24. The molecule has 7 heteroatoms. The number of carbonyl (C=O) groups is 3. The third-order valence-electron chi connectivity index (χ3n) is 5.82. The maximum Gasteiger partial charge on any atom is 0.325 e. The van der Waals surface area contributed by atoms with Crippen molar-refractivity contribution < 1.29 is 19.1 Å². The number of ether oxygens (including phenoxy) is 1. The summed E-state index contributed by atoms with van der Waals surface area (Å²) in [5.74, 6) is -0.663. The Labute approximate surface area is 182 Å². The van der Waals surface area contributed by atoms with Crippen LogP contribution in [0.4, 0.5) is 4.79 Å². The molecule has 2 heterocycles. The number of nitrogens with one attached hydrogen (secondary N) is 1. The normalized spacial score (nSPS) is 26.1. The lowest BCUT2D eigenvalue weighted by Crippen LogP contribution is -2.52. The number of rotatable bonds is 5. The lowest BCUT2D eigenvalue weighted by atomic mass is 9.83. The van der Waals surface area contributed by atoms with Crippen molar-refractivity contribution in [1.82, 2.24) is 15.1 Å². The smallest absolute Gasteiger partial charge is 0.325 e. The summed E-state index contributed by atoms with van der Waals surface area (Å²) < 4.78 is 5.68. The summed E-state index contributed by atoms with van der Waals surface area (Å²) in [6.45, 7) is 4.42. The number of hydrogen-bond donors (Lipinski definition) is 1. The van der Waals surface area contributed by atoms with Gasteiger partial charge in [0.15, 0.2) is 5.54 Å². The van der Waals surface area contributed by atoms with Crippen LogP contribution in [0.2, 0.25) is 0 Å². The van der Waals surface area contributed by atoms with Crippen LogP contribution in [0.5, 0.6) is 0 Å². The molecule has 0 spiro atoms. The first-order valence-corrected chi connectivity index (χ1v) is 10.6. The zero-order valence-corrected chi connectivity index (χ0v) is 17.8. The monoisotopic (exact) mass is 421 g/mol. The van der Waals surface area contributed by atoms with Crippen molar-refractivity contribution in [2.75, 3.05) is 19.6 Å². The number of urea groups is 1. The second kappa shape index (κ2) is 8.51. The van der Waals surface area contributed by atoms with E-state index in [0.29, 0.717) is 25.1 Å². The van der Waals surface area contributed by atoms with Gasteiger partial charge in [-0.25, -0.2) is 4.79 Å². The Balaban J connectivity index is 1.61. The SMILES string of the molecule is C[C@@H]1CN(C(=O)CN2C(=O)N[C@@](Cc3ccccc3)(c3ccccc3)C2=O)C[C@@H](C)O1. The van der Waals surface area contributed by atoms with Crippen molar-refractivity contribution in [2.24, 2.45) is 0 Å². The zero-order chi connectivity index (χ0) is 22.0. The standard InChI is InChI=1S/C24H27N3O4/c1-17-14-26(15-18(2)31-17)21(28)16-27-22(29)24(25-23(27)30,20-11-7-4-8-12-20)13-19-9-5-3-6-10-19/h3-12,17-18H,13-16H2,1-2H3,(H,25,30)/t17-,18-,24+/m1/s1. The van der Waals surface area contributed by atoms with Crippen molar-refractivity contribution >= 4 is 17.8 Å². The van der Waals surface area contributed by atoms with Crippen molar-refractivity contribution in [3.63, 3.8) is 0 Å². The summed E-state index contributed by atoms with van der Waals surface area (Å²) in [7, 11) is 0. The molecule has 1 N–H and O–H groups in total. The Hall–Kier alpha value is -3.19. The van der Waals surface area contributed by atoms with E-state index in [9.17, 15) is 14.4 Å². The van der Waals surface area contributed by atoms with Gasteiger partial charge >= 0.3 is 6.03 Å². The van der Waals surface area contributed by atoms with Crippen molar-refractivity contribution in [3.8, 4) is 0 Å². The van der Waals surface area contributed by atoms with E-state index in [0.717, 1.165) is 10.5 Å². The fourth-order valence-corrected chi connectivity index (χ4v) is 4.43. The minimum absolute atomic E-state index is 0.0858. The molecule has 2 aliphatic rings. The molecule has 2 aliphatic heterocycles. The molecular formula is C24H27N3O4. The highest BCUT2D eigenvalue weighted by molar-refractivity contribution is 6.09. The van der Waals surface area contributed by atoms with Gasteiger partial charge in [0.2, 0.25) is 5.91 Å². The van der Waals surface area contributed by atoms with Gasteiger partial charge < -0.3 is 15.0 Å². The molecule has 0 bridgehead atoms. The number of imide groups is 1. The highest BCUT2D eigenvalue weighted by Gasteiger charge is 2.53. The van der Waals surface area contributed by atoms with Gasteiger partial charge in [-0.05, 0) is 25.0 Å². The van der Waals surface area contributed by atoms with Crippen LogP contribution in [0.3, 0.4) is 0 Å². The quantitative estimate of drug-likeness (QED) is 0.752. The molecule has 2 aromatic rings. The number of amides is 4. The molecule has 2 fully saturated rings. The summed E-state index contributed by atoms with van der Waals surface area (Å²) >= 11 is 0. The van der Waals surface area contributed by atoms with Crippen LogP contribution in [-0.2, 0) is 26.3 Å². The second-order valence-corrected chi connectivity index (χ2v) is 8.31. The number of benzene rings is 2. The molecule has 31 heavy (non-hydrogen) atoms.